The first kappa shape index (κ1) is 22.1. The zero-order valence-electron chi connectivity index (χ0n) is 16.2. The van der Waals surface area contributed by atoms with Crippen molar-refractivity contribution in [3.05, 3.63) is 64.3 Å². The Balaban J connectivity index is 2.13. The van der Waals surface area contributed by atoms with Gasteiger partial charge >= 0.3 is 0 Å². The molecule has 1 heterocycles. The Labute approximate surface area is 184 Å². The second-order valence-electron chi connectivity index (χ2n) is 6.49. The molecule has 1 amide bonds. The number of nitrogens with one attached hydrogen (secondary N) is 1. The highest BCUT2D eigenvalue weighted by molar-refractivity contribution is 7.90. The minimum atomic E-state index is -3.22. The van der Waals surface area contributed by atoms with Crippen LogP contribution in [0.3, 0.4) is 0 Å². The maximum atomic E-state index is 12.8. The minimum Gasteiger partial charge on any atom is -0.492 e. The van der Waals surface area contributed by atoms with Gasteiger partial charge in [-0.2, -0.15) is 5.10 Å². The average molecular weight is 468 g/mol. The molecule has 0 fully saturated rings. The van der Waals surface area contributed by atoms with Gasteiger partial charge in [-0.3, -0.25) is 4.79 Å². The number of para-hydroxylation sites is 1. The number of ether oxygens (including phenoxy) is 1. The Morgan fingerprint density at radius 1 is 1.13 bits per heavy atom. The molecule has 7 nitrogen and oxygen atoms in total. The van der Waals surface area contributed by atoms with Gasteiger partial charge < -0.3 is 10.1 Å². The number of aromatic nitrogens is 2. The summed E-state index contributed by atoms with van der Waals surface area (Å²) >= 11 is 12.4. The molecule has 158 valence electrons. The van der Waals surface area contributed by atoms with E-state index in [0.717, 1.165) is 6.26 Å². The van der Waals surface area contributed by atoms with Crippen LogP contribution in [-0.2, 0) is 9.84 Å². The fourth-order valence-corrected chi connectivity index (χ4v) is 3.65. The van der Waals surface area contributed by atoms with Crippen LogP contribution in [0.4, 0.5) is 0 Å². The summed E-state index contributed by atoms with van der Waals surface area (Å²) in [4.78, 5) is 12.8. The Bertz CT molecular complexity index is 1180. The molecule has 2 aromatic carbocycles. The number of sulfone groups is 1. The molecule has 0 aliphatic rings. The van der Waals surface area contributed by atoms with Gasteiger partial charge in [0.1, 0.15) is 15.5 Å². The van der Waals surface area contributed by atoms with Crippen LogP contribution in [0, 0.1) is 0 Å². The topological polar surface area (TPSA) is 90.3 Å². The van der Waals surface area contributed by atoms with Crippen molar-refractivity contribution in [2.24, 2.45) is 0 Å². The fraction of sp³-hybridized carbons (Fsp3) is 0.200. The lowest BCUT2D eigenvalue weighted by Gasteiger charge is -2.10. The van der Waals surface area contributed by atoms with Gasteiger partial charge in [0, 0.05) is 23.4 Å². The van der Waals surface area contributed by atoms with E-state index in [0.29, 0.717) is 27.0 Å². The van der Waals surface area contributed by atoms with E-state index >= 15 is 0 Å². The second kappa shape index (κ2) is 9.07. The van der Waals surface area contributed by atoms with Crippen molar-refractivity contribution in [1.82, 2.24) is 15.1 Å². The summed E-state index contributed by atoms with van der Waals surface area (Å²) in [6, 6.07) is 14.0. The van der Waals surface area contributed by atoms with Crippen molar-refractivity contribution < 1.29 is 17.9 Å². The van der Waals surface area contributed by atoms with E-state index < -0.39 is 15.7 Å². The molecular weight excluding hydrogens is 449 g/mol. The summed E-state index contributed by atoms with van der Waals surface area (Å²) in [6.07, 6.45) is 1.10. The van der Waals surface area contributed by atoms with Crippen molar-refractivity contribution >= 4 is 38.9 Å². The van der Waals surface area contributed by atoms with Crippen LogP contribution < -0.4 is 10.1 Å². The molecule has 10 heteroatoms. The van der Waals surface area contributed by atoms with Gasteiger partial charge in [-0.25, -0.2) is 13.1 Å². The van der Waals surface area contributed by atoms with E-state index in [9.17, 15) is 13.2 Å². The molecule has 1 N–H and O–H groups in total. The first-order valence-electron chi connectivity index (χ1n) is 8.85. The number of halogens is 2. The van der Waals surface area contributed by atoms with Gasteiger partial charge in [0.25, 0.3) is 5.91 Å². The SMILES string of the molecule is COc1c(C(=O)NCCS(C)(=O)=O)nn(-c2ccccc2Cl)c1-c1ccc(Cl)cc1. The molecule has 3 aromatic rings. The highest BCUT2D eigenvalue weighted by Crippen LogP contribution is 2.37. The van der Waals surface area contributed by atoms with E-state index in [1.807, 2.05) is 0 Å². The van der Waals surface area contributed by atoms with Crippen LogP contribution in [0.2, 0.25) is 10.0 Å². The van der Waals surface area contributed by atoms with Gasteiger partial charge in [0.2, 0.25) is 0 Å². The van der Waals surface area contributed by atoms with Crippen LogP contribution in [0.15, 0.2) is 48.5 Å². The first-order chi connectivity index (χ1) is 14.2. The summed E-state index contributed by atoms with van der Waals surface area (Å²) < 4.78 is 29.7. The average Bonchev–Trinajstić information content (AvgIpc) is 3.07. The number of carbonyl (C=O) groups is 1. The molecule has 0 aliphatic heterocycles. The van der Waals surface area contributed by atoms with Crippen LogP contribution in [-0.4, -0.2) is 49.8 Å². The number of benzene rings is 2. The van der Waals surface area contributed by atoms with E-state index in [1.165, 1.54) is 11.8 Å². The number of hydrogen-bond acceptors (Lipinski definition) is 5. The molecule has 0 bridgehead atoms. The Morgan fingerprint density at radius 3 is 2.40 bits per heavy atom. The molecule has 0 unspecified atom stereocenters. The molecule has 0 radical (unpaired) electrons. The lowest BCUT2D eigenvalue weighted by molar-refractivity contribution is 0.0948. The highest BCUT2D eigenvalue weighted by atomic mass is 35.5. The standard InChI is InChI=1S/C20H19Cl2N3O4S/c1-29-19-17(20(26)23-11-12-30(2,27)28)24-25(16-6-4-3-5-15(16)22)18(19)13-7-9-14(21)10-8-13/h3-10H,11-12H2,1-2H3,(H,23,26). The summed E-state index contributed by atoms with van der Waals surface area (Å²) in [5, 5.41) is 8.00. The normalized spacial score (nSPS) is 11.3. The molecule has 0 saturated carbocycles. The van der Waals surface area contributed by atoms with E-state index in [-0.39, 0.29) is 23.7 Å². The summed E-state index contributed by atoms with van der Waals surface area (Å²) in [5.74, 6) is -0.512. The largest absolute Gasteiger partial charge is 0.492 e. The number of amides is 1. The van der Waals surface area contributed by atoms with Gasteiger partial charge in [0.05, 0.1) is 23.6 Å². The van der Waals surface area contributed by atoms with Crippen molar-refractivity contribution in [3.63, 3.8) is 0 Å². The van der Waals surface area contributed by atoms with Crippen LogP contribution in [0.1, 0.15) is 10.5 Å². The third kappa shape index (κ3) is 4.95. The number of hydrogen-bond donors (Lipinski definition) is 1. The molecule has 1 aromatic heterocycles. The molecule has 0 saturated heterocycles. The zero-order chi connectivity index (χ0) is 21.9. The maximum Gasteiger partial charge on any atom is 0.275 e. The first-order valence-corrected chi connectivity index (χ1v) is 11.7. The molecule has 30 heavy (non-hydrogen) atoms. The minimum absolute atomic E-state index is 0.0101. The predicted molar refractivity (Wildman–Crippen MR) is 118 cm³/mol. The van der Waals surface area contributed by atoms with Gasteiger partial charge in [-0.1, -0.05) is 47.5 Å². The van der Waals surface area contributed by atoms with E-state index in [4.69, 9.17) is 27.9 Å². The van der Waals surface area contributed by atoms with Crippen LogP contribution in [0.25, 0.3) is 16.9 Å². The Kier molecular flexibility index (Phi) is 6.70. The van der Waals surface area contributed by atoms with Gasteiger partial charge in [-0.15, -0.1) is 0 Å². The number of methoxy groups -OCH3 is 1. The maximum absolute atomic E-state index is 12.8. The second-order valence-corrected chi connectivity index (χ2v) is 9.59. The molecule has 0 spiro atoms. The Morgan fingerprint density at radius 2 is 1.80 bits per heavy atom. The van der Waals surface area contributed by atoms with Crippen molar-refractivity contribution in [2.45, 2.75) is 0 Å². The number of rotatable bonds is 7. The monoisotopic (exact) mass is 467 g/mol. The third-order valence-corrected chi connectivity index (χ3v) is 5.74. The van der Waals surface area contributed by atoms with E-state index in [2.05, 4.69) is 10.4 Å². The molecular formula is C20H19Cl2N3O4S. The number of carbonyl (C=O) groups excluding carboxylic acids is 1. The Hall–Kier alpha value is -2.55. The highest BCUT2D eigenvalue weighted by Gasteiger charge is 2.26. The molecule has 3 rings (SSSR count). The smallest absolute Gasteiger partial charge is 0.275 e. The van der Waals surface area contributed by atoms with Crippen molar-refractivity contribution in [3.8, 4) is 22.7 Å². The van der Waals surface area contributed by atoms with Gasteiger partial charge in [-0.05, 0) is 24.3 Å². The van der Waals surface area contributed by atoms with Crippen molar-refractivity contribution in [2.75, 3.05) is 25.7 Å². The third-order valence-electron chi connectivity index (χ3n) is 4.22. The lowest BCUT2D eigenvalue weighted by Crippen LogP contribution is -2.29. The number of nitrogens with zero attached hydrogens (tertiary/aromatic N) is 2. The van der Waals surface area contributed by atoms with E-state index in [1.54, 1.807) is 48.5 Å². The quantitative estimate of drug-likeness (QED) is 0.572. The molecule has 0 aliphatic carbocycles. The zero-order valence-corrected chi connectivity index (χ0v) is 18.6. The fourth-order valence-electron chi connectivity index (χ4n) is 2.84. The van der Waals surface area contributed by atoms with Crippen LogP contribution >= 0.6 is 23.2 Å². The molecule has 0 atom stereocenters. The summed E-state index contributed by atoms with van der Waals surface area (Å²) in [6.45, 7) is -0.0456. The van der Waals surface area contributed by atoms with Crippen molar-refractivity contribution in [1.29, 1.82) is 0 Å². The summed E-state index contributed by atoms with van der Waals surface area (Å²) in [5.41, 5.74) is 1.78. The lowest BCUT2D eigenvalue weighted by atomic mass is 10.1. The van der Waals surface area contributed by atoms with Crippen LogP contribution in [0.5, 0.6) is 5.75 Å². The summed E-state index contributed by atoms with van der Waals surface area (Å²) in [7, 11) is -1.79. The predicted octanol–water partition coefficient (Wildman–Crippen LogP) is 3.63. The van der Waals surface area contributed by atoms with Gasteiger partial charge in [0.15, 0.2) is 11.4 Å².